The summed E-state index contributed by atoms with van der Waals surface area (Å²) in [5.74, 6) is 0.707. The Hall–Kier alpha value is -1.55. The number of thiophene rings is 1. The van der Waals surface area contributed by atoms with Crippen LogP contribution in [0.2, 0.25) is 0 Å². The summed E-state index contributed by atoms with van der Waals surface area (Å²) in [6.07, 6.45) is 3.25. The van der Waals surface area contributed by atoms with Gasteiger partial charge in [-0.15, -0.1) is 11.3 Å². The van der Waals surface area contributed by atoms with Crippen molar-refractivity contribution >= 4 is 17.0 Å². The van der Waals surface area contributed by atoms with Crippen molar-refractivity contribution in [3.8, 4) is 5.75 Å². The number of ether oxygens (including phenoxy) is 1. The van der Waals surface area contributed by atoms with Gasteiger partial charge in [-0.05, 0) is 11.4 Å². The summed E-state index contributed by atoms with van der Waals surface area (Å²) in [5, 5.41) is 2.02. The lowest BCUT2D eigenvalue weighted by molar-refractivity contribution is 0.309. The largest absolute Gasteiger partial charge is 0.486 e. The number of pyridine rings is 1. The molecule has 0 unspecified atom stereocenters. The molecule has 0 amide bonds. The highest BCUT2D eigenvalue weighted by molar-refractivity contribution is 7.09. The van der Waals surface area contributed by atoms with E-state index < -0.39 is 0 Å². The molecule has 2 aromatic rings. The van der Waals surface area contributed by atoms with Gasteiger partial charge in [0.05, 0.1) is 18.1 Å². The lowest BCUT2D eigenvalue weighted by Crippen LogP contribution is -1.94. The van der Waals surface area contributed by atoms with Crippen LogP contribution in [0, 0.1) is 0 Å². The number of hydrogen-bond donors (Lipinski definition) is 1. The van der Waals surface area contributed by atoms with Gasteiger partial charge >= 0.3 is 0 Å². The van der Waals surface area contributed by atoms with Crippen LogP contribution in [0.4, 0.5) is 5.69 Å². The molecule has 14 heavy (non-hydrogen) atoms. The van der Waals surface area contributed by atoms with Gasteiger partial charge in [0.15, 0.2) is 0 Å². The third-order valence-corrected chi connectivity index (χ3v) is 2.55. The SMILES string of the molecule is Nc1cncc(OCc2cccs2)c1. The van der Waals surface area contributed by atoms with E-state index in [0.29, 0.717) is 18.0 Å². The second-order valence-corrected chi connectivity index (χ2v) is 3.85. The summed E-state index contributed by atoms with van der Waals surface area (Å²) in [4.78, 5) is 5.12. The monoisotopic (exact) mass is 206 g/mol. The molecule has 0 aliphatic heterocycles. The molecule has 4 heteroatoms. The fourth-order valence-corrected chi connectivity index (χ4v) is 1.68. The topological polar surface area (TPSA) is 48.1 Å². The van der Waals surface area contributed by atoms with E-state index in [1.54, 1.807) is 29.8 Å². The summed E-state index contributed by atoms with van der Waals surface area (Å²) in [6.45, 7) is 0.572. The van der Waals surface area contributed by atoms with Crippen molar-refractivity contribution < 1.29 is 4.74 Å². The Labute approximate surface area is 86.2 Å². The number of rotatable bonds is 3. The molecule has 72 valence electrons. The smallest absolute Gasteiger partial charge is 0.140 e. The Morgan fingerprint density at radius 1 is 1.43 bits per heavy atom. The van der Waals surface area contributed by atoms with Crippen molar-refractivity contribution in [2.45, 2.75) is 6.61 Å². The van der Waals surface area contributed by atoms with Crippen molar-refractivity contribution in [3.05, 3.63) is 40.8 Å². The van der Waals surface area contributed by atoms with Gasteiger partial charge in [0, 0.05) is 10.9 Å². The third kappa shape index (κ3) is 2.23. The van der Waals surface area contributed by atoms with Crippen molar-refractivity contribution in [2.75, 3.05) is 5.73 Å². The normalized spacial score (nSPS) is 10.0. The Morgan fingerprint density at radius 2 is 2.36 bits per heavy atom. The zero-order chi connectivity index (χ0) is 9.80. The third-order valence-electron chi connectivity index (χ3n) is 1.70. The van der Waals surface area contributed by atoms with E-state index in [1.807, 2.05) is 17.5 Å². The molecule has 0 radical (unpaired) electrons. The van der Waals surface area contributed by atoms with Crippen LogP contribution < -0.4 is 10.5 Å². The zero-order valence-corrected chi connectivity index (χ0v) is 8.33. The first kappa shape index (κ1) is 9.02. The van der Waals surface area contributed by atoms with E-state index in [9.17, 15) is 0 Å². The average molecular weight is 206 g/mol. The first-order chi connectivity index (χ1) is 6.84. The number of nitrogen functional groups attached to an aromatic ring is 1. The van der Waals surface area contributed by atoms with Crippen molar-refractivity contribution in [1.29, 1.82) is 0 Å². The molecule has 0 saturated heterocycles. The molecule has 3 nitrogen and oxygen atoms in total. The van der Waals surface area contributed by atoms with Gasteiger partial charge in [0.2, 0.25) is 0 Å². The molecule has 0 saturated carbocycles. The highest BCUT2D eigenvalue weighted by atomic mass is 32.1. The van der Waals surface area contributed by atoms with E-state index in [0.717, 1.165) is 0 Å². The van der Waals surface area contributed by atoms with Crippen LogP contribution >= 0.6 is 11.3 Å². The predicted molar refractivity (Wildman–Crippen MR) is 57.3 cm³/mol. The molecule has 2 heterocycles. The van der Waals surface area contributed by atoms with Crippen molar-refractivity contribution in [2.24, 2.45) is 0 Å². The number of nitrogens with two attached hydrogens (primary N) is 1. The van der Waals surface area contributed by atoms with Crippen LogP contribution in [0.25, 0.3) is 0 Å². The molecule has 2 N–H and O–H groups in total. The molecular weight excluding hydrogens is 196 g/mol. The predicted octanol–water partition coefficient (Wildman–Crippen LogP) is 2.30. The highest BCUT2D eigenvalue weighted by Crippen LogP contribution is 2.16. The molecule has 2 rings (SSSR count). The van der Waals surface area contributed by atoms with Gasteiger partial charge in [0.1, 0.15) is 12.4 Å². The van der Waals surface area contributed by atoms with Crippen LogP contribution in [0.3, 0.4) is 0 Å². The standard InChI is InChI=1S/C10H10N2OS/c11-8-4-9(6-12-5-8)13-7-10-2-1-3-14-10/h1-6H,7,11H2. The van der Waals surface area contributed by atoms with Crippen molar-refractivity contribution in [3.63, 3.8) is 0 Å². The molecule has 2 aromatic heterocycles. The molecule has 0 bridgehead atoms. The van der Waals surface area contributed by atoms with Crippen LogP contribution in [0.15, 0.2) is 36.0 Å². The molecular formula is C10H10N2OS. The first-order valence-electron chi connectivity index (χ1n) is 4.20. The fraction of sp³-hybridized carbons (Fsp3) is 0.100. The molecule has 0 spiro atoms. The number of nitrogens with zero attached hydrogens (tertiary/aromatic N) is 1. The average Bonchev–Trinajstić information content (AvgIpc) is 2.67. The maximum absolute atomic E-state index is 5.57. The fourth-order valence-electron chi connectivity index (χ4n) is 1.06. The Balaban J connectivity index is 1.98. The Kier molecular flexibility index (Phi) is 2.65. The quantitative estimate of drug-likeness (QED) is 0.838. The number of aromatic nitrogens is 1. The maximum atomic E-state index is 5.57. The lowest BCUT2D eigenvalue weighted by Gasteiger charge is -2.03. The lowest BCUT2D eigenvalue weighted by atomic mass is 10.4. The van der Waals surface area contributed by atoms with E-state index >= 15 is 0 Å². The van der Waals surface area contributed by atoms with E-state index in [2.05, 4.69) is 4.98 Å². The zero-order valence-electron chi connectivity index (χ0n) is 7.51. The number of anilines is 1. The number of hydrogen-bond acceptors (Lipinski definition) is 4. The van der Waals surface area contributed by atoms with Crippen LogP contribution in [-0.4, -0.2) is 4.98 Å². The maximum Gasteiger partial charge on any atom is 0.140 e. The van der Waals surface area contributed by atoms with Crippen LogP contribution in [0.5, 0.6) is 5.75 Å². The Morgan fingerprint density at radius 3 is 3.07 bits per heavy atom. The minimum absolute atomic E-state index is 0.572. The highest BCUT2D eigenvalue weighted by Gasteiger charge is 1.97. The van der Waals surface area contributed by atoms with E-state index in [-0.39, 0.29) is 0 Å². The summed E-state index contributed by atoms with van der Waals surface area (Å²) < 4.78 is 5.50. The van der Waals surface area contributed by atoms with Gasteiger partial charge in [0.25, 0.3) is 0 Å². The van der Waals surface area contributed by atoms with Gasteiger partial charge in [-0.3, -0.25) is 4.98 Å². The molecule has 0 atom stereocenters. The second kappa shape index (κ2) is 4.11. The van der Waals surface area contributed by atoms with Gasteiger partial charge < -0.3 is 10.5 Å². The molecule has 0 fully saturated rings. The summed E-state index contributed by atoms with van der Waals surface area (Å²) in [5.41, 5.74) is 6.19. The van der Waals surface area contributed by atoms with Gasteiger partial charge in [-0.1, -0.05) is 6.07 Å². The van der Waals surface area contributed by atoms with E-state index in [4.69, 9.17) is 10.5 Å². The summed E-state index contributed by atoms with van der Waals surface area (Å²) in [6, 6.07) is 5.80. The first-order valence-corrected chi connectivity index (χ1v) is 5.08. The van der Waals surface area contributed by atoms with Gasteiger partial charge in [-0.25, -0.2) is 0 Å². The minimum atomic E-state index is 0.572. The van der Waals surface area contributed by atoms with Crippen molar-refractivity contribution in [1.82, 2.24) is 4.98 Å². The van der Waals surface area contributed by atoms with Gasteiger partial charge in [-0.2, -0.15) is 0 Å². The molecule has 0 aliphatic rings. The van der Waals surface area contributed by atoms with Crippen LogP contribution in [-0.2, 0) is 6.61 Å². The molecule has 0 aromatic carbocycles. The summed E-state index contributed by atoms with van der Waals surface area (Å²) in [7, 11) is 0. The summed E-state index contributed by atoms with van der Waals surface area (Å²) >= 11 is 1.67. The Bertz CT molecular complexity index is 400. The second-order valence-electron chi connectivity index (χ2n) is 2.82. The molecule has 0 aliphatic carbocycles. The van der Waals surface area contributed by atoms with E-state index in [1.165, 1.54) is 4.88 Å². The minimum Gasteiger partial charge on any atom is -0.486 e. The van der Waals surface area contributed by atoms with Crippen LogP contribution in [0.1, 0.15) is 4.88 Å².